The van der Waals surface area contributed by atoms with E-state index in [1.165, 1.54) is 0 Å². The minimum absolute atomic E-state index is 0.00310. The lowest BCUT2D eigenvalue weighted by Crippen LogP contribution is -2.22. The van der Waals surface area contributed by atoms with Crippen molar-refractivity contribution < 1.29 is 22.2 Å². The maximum Gasteiger partial charge on any atom is 0.264 e. The van der Waals surface area contributed by atoms with E-state index in [1.807, 2.05) is 71.4 Å². The third-order valence-electron chi connectivity index (χ3n) is 6.54. The molecule has 11 heteroatoms. The summed E-state index contributed by atoms with van der Waals surface area (Å²) in [6, 6.07) is 18.8. The van der Waals surface area contributed by atoms with Gasteiger partial charge in [0.25, 0.3) is 21.9 Å². The summed E-state index contributed by atoms with van der Waals surface area (Å²) >= 11 is 0. The number of rotatable bonds is 8. The van der Waals surface area contributed by atoms with Crippen LogP contribution in [-0.2, 0) is 30.4 Å². The van der Waals surface area contributed by atoms with Gasteiger partial charge in [0.15, 0.2) is 0 Å². The minimum atomic E-state index is -3.55. The van der Waals surface area contributed by atoms with E-state index in [0.717, 1.165) is 28.4 Å². The number of fused-ring (bicyclic) bond motifs is 2. The van der Waals surface area contributed by atoms with Crippen LogP contribution in [0.4, 0.5) is 0 Å². The van der Waals surface area contributed by atoms with Crippen LogP contribution in [0.3, 0.4) is 0 Å². The summed E-state index contributed by atoms with van der Waals surface area (Å²) in [6.45, 7) is 0.359. The summed E-state index contributed by atoms with van der Waals surface area (Å²) in [6.07, 6.45) is 6.65. The van der Waals surface area contributed by atoms with E-state index >= 15 is 0 Å². The second kappa shape index (κ2) is 9.61. The van der Waals surface area contributed by atoms with E-state index in [2.05, 4.69) is 10.3 Å². The van der Waals surface area contributed by atoms with Gasteiger partial charge < -0.3 is 4.57 Å². The first kappa shape index (κ1) is 24.7. The van der Waals surface area contributed by atoms with Gasteiger partial charge in [0.2, 0.25) is 0 Å². The van der Waals surface area contributed by atoms with Crippen LogP contribution in [-0.4, -0.2) is 52.4 Å². The number of imide groups is 1. The Bertz CT molecular complexity index is 1900. The molecule has 0 atom stereocenters. The first-order chi connectivity index (χ1) is 18.8. The van der Waals surface area contributed by atoms with E-state index < -0.39 is 21.9 Å². The zero-order chi connectivity index (χ0) is 27.1. The number of carbonyl (C=O) groups excluding carboxylic acids is 2. The zero-order valence-corrected chi connectivity index (χ0v) is 21.7. The monoisotopic (exact) mass is 541 g/mol. The van der Waals surface area contributed by atoms with Gasteiger partial charge in [-0.25, -0.2) is 0 Å². The Morgan fingerprint density at radius 2 is 1.62 bits per heavy atom. The van der Waals surface area contributed by atoms with Gasteiger partial charge in [0, 0.05) is 35.3 Å². The molecule has 39 heavy (non-hydrogen) atoms. The molecule has 2 aromatic carbocycles. The summed E-state index contributed by atoms with van der Waals surface area (Å²) in [5.74, 6) is -1.02. The summed E-state index contributed by atoms with van der Waals surface area (Å²) in [4.78, 5) is 30.8. The highest BCUT2D eigenvalue weighted by Crippen LogP contribution is 2.38. The lowest BCUT2D eigenvalue weighted by atomic mass is 9.97. The first-order valence-electron chi connectivity index (χ1n) is 12.2. The van der Waals surface area contributed by atoms with Crippen molar-refractivity contribution in [2.75, 3.05) is 12.9 Å². The molecule has 0 fully saturated rings. The van der Waals surface area contributed by atoms with Gasteiger partial charge in [-0.05, 0) is 30.7 Å². The number of pyridine rings is 1. The quantitative estimate of drug-likeness (QED) is 0.182. The summed E-state index contributed by atoms with van der Waals surface area (Å²) in [5.41, 5.74) is 3.85. The number of para-hydroxylation sites is 2. The number of aryl methyl sites for hydroxylation is 1. The molecule has 1 aliphatic heterocycles. The molecule has 0 radical (unpaired) electrons. The van der Waals surface area contributed by atoms with Crippen LogP contribution >= 0.6 is 0 Å². The second-order valence-corrected chi connectivity index (χ2v) is 10.8. The lowest BCUT2D eigenvalue weighted by Gasteiger charge is -2.04. The van der Waals surface area contributed by atoms with Crippen LogP contribution in [0, 0.1) is 0 Å². The maximum atomic E-state index is 13.3. The Morgan fingerprint density at radius 1 is 0.897 bits per heavy atom. The van der Waals surface area contributed by atoms with E-state index in [1.54, 1.807) is 17.1 Å². The van der Waals surface area contributed by atoms with Crippen molar-refractivity contribution in [1.82, 2.24) is 24.6 Å². The number of amides is 2. The normalized spacial score (nSPS) is 14.1. The fraction of sp³-hybridized carbons (Fsp3) is 0.143. The van der Waals surface area contributed by atoms with Gasteiger partial charge in [-0.15, -0.1) is 0 Å². The highest BCUT2D eigenvalue weighted by Gasteiger charge is 2.36. The van der Waals surface area contributed by atoms with Crippen molar-refractivity contribution in [3.05, 3.63) is 90.5 Å². The Balaban J connectivity index is 1.51. The fourth-order valence-corrected chi connectivity index (χ4v) is 5.35. The van der Waals surface area contributed by atoms with Crippen molar-refractivity contribution in [3.8, 4) is 5.69 Å². The summed E-state index contributed by atoms with van der Waals surface area (Å²) < 4.78 is 31.2. The predicted molar refractivity (Wildman–Crippen MR) is 146 cm³/mol. The molecule has 0 bridgehead atoms. The standard InChI is InChI=1S/C28H23N5O5S/c1-39(36,37)38-15-7-14-33-23-12-5-3-10-20(23)26(31-33)25-24(27(34)30-28(25)35)21-17-32(18-8-6-13-29-16-18)22-11-4-2-9-19(21)22/h2-6,8-13,16-17H,7,14-15H2,1H3,(H,30,34,35). The molecule has 3 aromatic heterocycles. The van der Waals surface area contributed by atoms with Crippen molar-refractivity contribution in [1.29, 1.82) is 0 Å². The van der Waals surface area contributed by atoms with Crippen LogP contribution in [0.1, 0.15) is 17.7 Å². The van der Waals surface area contributed by atoms with Crippen LogP contribution in [0.2, 0.25) is 0 Å². The number of aromatic nitrogens is 4. The number of hydrogen-bond acceptors (Lipinski definition) is 7. The van der Waals surface area contributed by atoms with Crippen molar-refractivity contribution in [2.45, 2.75) is 13.0 Å². The molecule has 196 valence electrons. The molecule has 6 rings (SSSR count). The summed E-state index contributed by atoms with van der Waals surface area (Å²) in [5, 5.41) is 8.71. The predicted octanol–water partition coefficient (Wildman–Crippen LogP) is 3.31. The Labute approximate surface area is 223 Å². The first-order valence-corrected chi connectivity index (χ1v) is 14.0. The highest BCUT2D eigenvalue weighted by atomic mass is 32.2. The second-order valence-electron chi connectivity index (χ2n) is 9.14. The third-order valence-corrected chi connectivity index (χ3v) is 7.14. The minimum Gasteiger partial charge on any atom is -0.314 e. The van der Waals surface area contributed by atoms with E-state index in [9.17, 15) is 18.0 Å². The van der Waals surface area contributed by atoms with Crippen molar-refractivity contribution in [2.24, 2.45) is 0 Å². The van der Waals surface area contributed by atoms with Gasteiger partial charge in [-0.2, -0.15) is 13.5 Å². The maximum absolute atomic E-state index is 13.3. The topological polar surface area (TPSA) is 125 Å². The number of nitrogens with one attached hydrogen (secondary N) is 1. The fourth-order valence-electron chi connectivity index (χ4n) is 4.93. The number of carbonyl (C=O) groups is 2. The molecule has 2 amide bonds. The van der Waals surface area contributed by atoms with E-state index in [4.69, 9.17) is 9.28 Å². The van der Waals surface area contributed by atoms with Gasteiger partial charge >= 0.3 is 0 Å². The van der Waals surface area contributed by atoms with Crippen LogP contribution in [0.15, 0.2) is 79.3 Å². The van der Waals surface area contributed by atoms with Crippen LogP contribution in [0.5, 0.6) is 0 Å². The van der Waals surface area contributed by atoms with E-state index in [-0.39, 0.29) is 17.8 Å². The lowest BCUT2D eigenvalue weighted by molar-refractivity contribution is -0.122. The average Bonchev–Trinajstić information content (AvgIpc) is 3.57. The molecule has 0 saturated carbocycles. The number of nitrogens with zero attached hydrogens (tertiary/aromatic N) is 4. The molecule has 1 N–H and O–H groups in total. The largest absolute Gasteiger partial charge is 0.314 e. The number of benzene rings is 2. The Hall–Kier alpha value is -4.61. The molecule has 4 heterocycles. The van der Waals surface area contributed by atoms with Crippen molar-refractivity contribution >= 4 is 54.9 Å². The van der Waals surface area contributed by atoms with Crippen LogP contribution < -0.4 is 5.32 Å². The van der Waals surface area contributed by atoms with Crippen LogP contribution in [0.25, 0.3) is 38.6 Å². The molecule has 0 spiro atoms. The van der Waals surface area contributed by atoms with E-state index in [0.29, 0.717) is 29.6 Å². The molecular formula is C28H23N5O5S. The third kappa shape index (κ3) is 4.51. The zero-order valence-electron chi connectivity index (χ0n) is 20.9. The Morgan fingerprint density at radius 3 is 2.36 bits per heavy atom. The SMILES string of the molecule is CS(=O)(=O)OCCCn1nc(C2=C(c3cn(-c4cccnc4)c4ccccc34)C(=O)NC2=O)c2ccccc21. The molecule has 0 saturated heterocycles. The van der Waals surface area contributed by atoms with Gasteiger partial charge in [-0.3, -0.25) is 28.8 Å². The molecular weight excluding hydrogens is 518 g/mol. The van der Waals surface area contributed by atoms with Gasteiger partial charge in [0.1, 0.15) is 5.69 Å². The summed E-state index contributed by atoms with van der Waals surface area (Å²) in [7, 11) is -3.55. The molecule has 0 aliphatic carbocycles. The highest BCUT2D eigenvalue weighted by molar-refractivity contribution is 7.85. The number of hydrogen-bond donors (Lipinski definition) is 1. The smallest absolute Gasteiger partial charge is 0.264 e. The Kier molecular flexibility index (Phi) is 6.09. The molecule has 0 unspecified atom stereocenters. The molecule has 1 aliphatic rings. The van der Waals surface area contributed by atoms with Gasteiger partial charge in [0.05, 0.1) is 46.9 Å². The average molecular weight is 542 g/mol. The molecule has 5 aromatic rings. The van der Waals surface area contributed by atoms with Gasteiger partial charge in [-0.1, -0.05) is 36.4 Å². The molecule has 10 nitrogen and oxygen atoms in total. The van der Waals surface area contributed by atoms with Crippen molar-refractivity contribution in [3.63, 3.8) is 0 Å².